The van der Waals surface area contributed by atoms with Crippen molar-refractivity contribution in [2.24, 2.45) is 10.5 Å². The number of amides is 1. The molecular formula is C13H15N3O. The van der Waals surface area contributed by atoms with Crippen molar-refractivity contribution < 1.29 is 4.79 Å². The van der Waals surface area contributed by atoms with Crippen LogP contribution in [0.2, 0.25) is 0 Å². The van der Waals surface area contributed by atoms with Gasteiger partial charge >= 0.3 is 0 Å². The summed E-state index contributed by atoms with van der Waals surface area (Å²) in [5.41, 5.74) is 1.40. The lowest BCUT2D eigenvalue weighted by Gasteiger charge is -2.28. The quantitative estimate of drug-likeness (QED) is 0.791. The van der Waals surface area contributed by atoms with E-state index in [0.717, 1.165) is 24.4 Å². The number of benzene rings is 1. The van der Waals surface area contributed by atoms with Crippen LogP contribution in [0.25, 0.3) is 0 Å². The zero-order valence-corrected chi connectivity index (χ0v) is 9.81. The van der Waals surface area contributed by atoms with Crippen molar-refractivity contribution in [3.05, 3.63) is 30.3 Å². The van der Waals surface area contributed by atoms with Crippen LogP contribution in [0.1, 0.15) is 13.3 Å². The van der Waals surface area contributed by atoms with Gasteiger partial charge in [-0.2, -0.15) is 10.1 Å². The Morgan fingerprint density at radius 3 is 2.82 bits per heavy atom. The molecule has 0 unspecified atom stereocenters. The van der Waals surface area contributed by atoms with E-state index in [1.165, 1.54) is 0 Å². The van der Waals surface area contributed by atoms with Crippen LogP contribution in [0, 0.1) is 5.41 Å². The predicted molar refractivity (Wildman–Crippen MR) is 67.0 cm³/mol. The van der Waals surface area contributed by atoms with Crippen molar-refractivity contribution >= 4 is 17.3 Å². The molecule has 1 N–H and O–H groups in total. The van der Waals surface area contributed by atoms with E-state index in [1.807, 2.05) is 37.3 Å². The first-order chi connectivity index (χ1) is 8.22. The van der Waals surface area contributed by atoms with Gasteiger partial charge in [0.25, 0.3) is 5.91 Å². The van der Waals surface area contributed by atoms with E-state index >= 15 is 0 Å². The number of nitrogens with one attached hydrogen (secondary N) is 1. The first-order valence-corrected chi connectivity index (χ1v) is 5.90. The maximum atomic E-state index is 12.4. The van der Waals surface area contributed by atoms with E-state index in [-0.39, 0.29) is 5.91 Å². The third-order valence-electron chi connectivity index (χ3n) is 3.54. The van der Waals surface area contributed by atoms with Crippen molar-refractivity contribution in [3.8, 4) is 0 Å². The second-order valence-corrected chi connectivity index (χ2v) is 4.76. The molecule has 0 bridgehead atoms. The summed E-state index contributed by atoms with van der Waals surface area (Å²) in [5.74, 6) is 0.0749. The van der Waals surface area contributed by atoms with Gasteiger partial charge in [-0.05, 0) is 19.1 Å². The number of hydrazone groups is 1. The van der Waals surface area contributed by atoms with Gasteiger partial charge in [0, 0.05) is 19.5 Å². The van der Waals surface area contributed by atoms with Crippen LogP contribution in [0.5, 0.6) is 0 Å². The third kappa shape index (κ3) is 1.48. The van der Waals surface area contributed by atoms with E-state index in [1.54, 1.807) is 5.01 Å². The van der Waals surface area contributed by atoms with Gasteiger partial charge in [0.2, 0.25) is 0 Å². The minimum Gasteiger partial charge on any atom is -0.315 e. The summed E-state index contributed by atoms with van der Waals surface area (Å²) in [6.45, 7) is 3.57. The molecule has 0 aliphatic carbocycles. The summed E-state index contributed by atoms with van der Waals surface area (Å²) < 4.78 is 0. The summed E-state index contributed by atoms with van der Waals surface area (Å²) >= 11 is 0. The molecule has 2 aliphatic heterocycles. The van der Waals surface area contributed by atoms with Crippen LogP contribution in [-0.4, -0.2) is 24.7 Å². The molecule has 1 saturated heterocycles. The highest BCUT2D eigenvalue weighted by Crippen LogP contribution is 2.34. The molecule has 1 fully saturated rings. The lowest BCUT2D eigenvalue weighted by Crippen LogP contribution is -2.49. The molecule has 2 aliphatic rings. The molecule has 0 spiro atoms. The fourth-order valence-electron chi connectivity index (χ4n) is 2.43. The van der Waals surface area contributed by atoms with Gasteiger partial charge in [-0.15, -0.1) is 0 Å². The maximum Gasteiger partial charge on any atom is 0.260 e. The van der Waals surface area contributed by atoms with Crippen molar-refractivity contribution in [1.82, 2.24) is 5.32 Å². The summed E-state index contributed by atoms with van der Waals surface area (Å²) in [6, 6.07) is 9.61. The predicted octanol–water partition coefficient (Wildman–Crippen LogP) is 1.39. The highest BCUT2D eigenvalue weighted by Gasteiger charge is 2.48. The molecule has 1 amide bonds. The monoisotopic (exact) mass is 229 g/mol. The van der Waals surface area contributed by atoms with E-state index in [9.17, 15) is 4.79 Å². The standard InChI is InChI=1S/C13H15N3O/c1-13-9-14-8-7-11(13)15-16(12(13)17)10-5-3-2-4-6-10/h2-6,14H,7-9H2,1H3/t13-/m1/s1. The average Bonchev–Trinajstić information content (AvgIpc) is 2.64. The zero-order valence-electron chi connectivity index (χ0n) is 9.81. The van der Waals surface area contributed by atoms with Gasteiger partial charge in [0.05, 0.1) is 11.4 Å². The summed E-state index contributed by atoms with van der Waals surface area (Å²) in [5, 5.41) is 9.31. The lowest BCUT2D eigenvalue weighted by molar-refractivity contribution is -0.123. The number of fused-ring (bicyclic) bond motifs is 1. The van der Waals surface area contributed by atoms with E-state index < -0.39 is 5.41 Å². The first kappa shape index (κ1) is 10.5. The van der Waals surface area contributed by atoms with E-state index in [4.69, 9.17) is 0 Å². The number of anilines is 1. The summed E-state index contributed by atoms with van der Waals surface area (Å²) in [4.78, 5) is 12.4. The largest absolute Gasteiger partial charge is 0.315 e. The van der Waals surface area contributed by atoms with Gasteiger partial charge < -0.3 is 5.32 Å². The molecule has 17 heavy (non-hydrogen) atoms. The second-order valence-electron chi connectivity index (χ2n) is 4.76. The van der Waals surface area contributed by atoms with Crippen molar-refractivity contribution in [2.45, 2.75) is 13.3 Å². The summed E-state index contributed by atoms with van der Waals surface area (Å²) in [7, 11) is 0. The number of carbonyl (C=O) groups is 1. The lowest BCUT2D eigenvalue weighted by atomic mass is 9.81. The molecule has 4 nitrogen and oxygen atoms in total. The molecule has 4 heteroatoms. The Bertz CT molecular complexity index is 483. The minimum atomic E-state index is -0.450. The van der Waals surface area contributed by atoms with Gasteiger partial charge in [-0.1, -0.05) is 18.2 Å². The Balaban J connectivity index is 2.00. The van der Waals surface area contributed by atoms with Crippen LogP contribution in [0.15, 0.2) is 35.4 Å². The number of nitrogens with zero attached hydrogens (tertiary/aromatic N) is 2. The molecule has 0 saturated carbocycles. The Hall–Kier alpha value is -1.68. The molecular weight excluding hydrogens is 214 g/mol. The van der Waals surface area contributed by atoms with Crippen LogP contribution in [0.3, 0.4) is 0 Å². The minimum absolute atomic E-state index is 0.0749. The van der Waals surface area contributed by atoms with Crippen LogP contribution in [0.4, 0.5) is 5.69 Å². The number of para-hydroxylation sites is 1. The maximum absolute atomic E-state index is 12.4. The number of carbonyl (C=O) groups excluding carboxylic acids is 1. The summed E-state index contributed by atoms with van der Waals surface area (Å²) in [6.07, 6.45) is 0.853. The molecule has 2 heterocycles. The number of hydrogen-bond donors (Lipinski definition) is 1. The average molecular weight is 229 g/mol. The topological polar surface area (TPSA) is 44.7 Å². The molecule has 3 rings (SSSR count). The molecule has 0 aromatic heterocycles. The van der Waals surface area contributed by atoms with E-state index in [2.05, 4.69) is 10.4 Å². The second kappa shape index (κ2) is 3.67. The first-order valence-electron chi connectivity index (χ1n) is 5.90. The fourth-order valence-corrected chi connectivity index (χ4v) is 2.43. The van der Waals surface area contributed by atoms with Crippen molar-refractivity contribution in [1.29, 1.82) is 0 Å². The number of rotatable bonds is 1. The van der Waals surface area contributed by atoms with Crippen molar-refractivity contribution in [3.63, 3.8) is 0 Å². The smallest absolute Gasteiger partial charge is 0.260 e. The highest BCUT2D eigenvalue weighted by molar-refractivity contribution is 6.19. The van der Waals surface area contributed by atoms with Gasteiger partial charge in [0.1, 0.15) is 5.41 Å². The Labute approximate surface area is 100 Å². The van der Waals surface area contributed by atoms with Crippen LogP contribution in [-0.2, 0) is 4.79 Å². The molecule has 88 valence electrons. The zero-order chi connectivity index (χ0) is 11.9. The van der Waals surface area contributed by atoms with E-state index in [0.29, 0.717) is 6.54 Å². The van der Waals surface area contributed by atoms with Crippen molar-refractivity contribution in [2.75, 3.05) is 18.1 Å². The Morgan fingerprint density at radius 2 is 2.12 bits per heavy atom. The molecule has 0 radical (unpaired) electrons. The molecule has 1 atom stereocenters. The SMILES string of the molecule is C[C@@]12CNCCC1=NN(c1ccccc1)C2=O. The van der Waals surface area contributed by atoms with Crippen LogP contribution >= 0.6 is 0 Å². The van der Waals surface area contributed by atoms with Crippen LogP contribution < -0.4 is 10.3 Å². The number of piperidine rings is 1. The number of hydrogen-bond acceptors (Lipinski definition) is 3. The third-order valence-corrected chi connectivity index (χ3v) is 3.54. The van der Waals surface area contributed by atoms with Gasteiger partial charge in [-0.3, -0.25) is 4.79 Å². The Morgan fingerprint density at radius 1 is 1.35 bits per heavy atom. The Kier molecular flexibility index (Phi) is 2.26. The normalized spacial score (nSPS) is 27.9. The fraction of sp³-hybridized carbons (Fsp3) is 0.385. The van der Waals surface area contributed by atoms with Gasteiger partial charge in [0.15, 0.2) is 0 Å². The highest BCUT2D eigenvalue weighted by atomic mass is 16.2. The van der Waals surface area contributed by atoms with Gasteiger partial charge in [-0.25, -0.2) is 0 Å². The molecule has 1 aromatic carbocycles. The molecule has 1 aromatic rings.